The third-order valence-electron chi connectivity index (χ3n) is 4.44. The molecular formula is C21H19N5O3. The van der Waals surface area contributed by atoms with E-state index in [1.165, 1.54) is 23.2 Å². The van der Waals surface area contributed by atoms with Gasteiger partial charge in [-0.05, 0) is 36.2 Å². The molecule has 8 nitrogen and oxygen atoms in total. The Balaban J connectivity index is 1.90. The quantitative estimate of drug-likeness (QED) is 0.452. The highest BCUT2D eigenvalue weighted by Gasteiger charge is 2.22. The molecule has 0 aliphatic heterocycles. The van der Waals surface area contributed by atoms with Gasteiger partial charge in [0.1, 0.15) is 5.69 Å². The third-order valence-corrected chi connectivity index (χ3v) is 4.44. The average Bonchev–Trinajstić information content (AvgIpc) is 3.27. The van der Waals surface area contributed by atoms with Gasteiger partial charge in [-0.1, -0.05) is 19.1 Å². The predicted octanol–water partition coefficient (Wildman–Crippen LogP) is 3.70. The highest BCUT2D eigenvalue weighted by molar-refractivity contribution is 5.95. The van der Waals surface area contributed by atoms with Crippen LogP contribution in [-0.2, 0) is 6.54 Å². The Morgan fingerprint density at radius 1 is 1.28 bits per heavy atom. The molecule has 0 atom stereocenters. The summed E-state index contributed by atoms with van der Waals surface area (Å²) in [5, 5.41) is 20.5. The summed E-state index contributed by atoms with van der Waals surface area (Å²) in [7, 11) is 0. The fraction of sp³-hybridized carbons (Fsp3) is 0.190. The Kier molecular flexibility index (Phi) is 6.00. The lowest BCUT2D eigenvalue weighted by atomic mass is 10.1. The zero-order valence-electron chi connectivity index (χ0n) is 15.9. The van der Waals surface area contributed by atoms with E-state index in [0.717, 1.165) is 12.0 Å². The SMILES string of the molecule is CCCN(Cc1ccc(C#N)cc1)C(=O)c1ccc(-n2ccnc2)c([N+](=O)[O-])c1. The van der Waals surface area contributed by atoms with Gasteiger partial charge in [0, 0.05) is 37.1 Å². The van der Waals surface area contributed by atoms with Gasteiger partial charge in [0.15, 0.2) is 0 Å². The summed E-state index contributed by atoms with van der Waals surface area (Å²) in [6.45, 7) is 2.83. The van der Waals surface area contributed by atoms with Gasteiger partial charge >= 0.3 is 0 Å². The number of rotatable bonds is 7. The van der Waals surface area contributed by atoms with Crippen molar-refractivity contribution in [3.05, 3.63) is 88.0 Å². The summed E-state index contributed by atoms with van der Waals surface area (Å²) < 4.78 is 1.53. The van der Waals surface area contributed by atoms with E-state index in [2.05, 4.69) is 11.1 Å². The van der Waals surface area contributed by atoms with Crippen molar-refractivity contribution < 1.29 is 9.72 Å². The minimum Gasteiger partial charge on any atom is -0.334 e. The zero-order chi connectivity index (χ0) is 20.8. The average molecular weight is 389 g/mol. The number of nitro groups is 1. The second kappa shape index (κ2) is 8.80. The monoisotopic (exact) mass is 389 g/mol. The van der Waals surface area contributed by atoms with Crippen LogP contribution in [0.1, 0.15) is 34.8 Å². The van der Waals surface area contributed by atoms with Crippen molar-refractivity contribution in [1.29, 1.82) is 5.26 Å². The molecule has 8 heteroatoms. The van der Waals surface area contributed by atoms with Crippen LogP contribution in [0.15, 0.2) is 61.2 Å². The number of carbonyl (C=O) groups is 1. The Morgan fingerprint density at radius 3 is 2.62 bits per heavy atom. The number of carbonyl (C=O) groups excluding carboxylic acids is 1. The first-order valence-electron chi connectivity index (χ1n) is 9.08. The van der Waals surface area contributed by atoms with Gasteiger partial charge in [-0.15, -0.1) is 0 Å². The van der Waals surface area contributed by atoms with Crippen LogP contribution in [0.3, 0.4) is 0 Å². The number of imidazole rings is 1. The first-order valence-corrected chi connectivity index (χ1v) is 9.08. The number of hydrogen-bond acceptors (Lipinski definition) is 5. The Morgan fingerprint density at radius 2 is 2.03 bits per heavy atom. The van der Waals surface area contributed by atoms with Gasteiger partial charge in [-0.25, -0.2) is 4.98 Å². The molecule has 0 fully saturated rings. The molecular weight excluding hydrogens is 370 g/mol. The van der Waals surface area contributed by atoms with E-state index >= 15 is 0 Å². The summed E-state index contributed by atoms with van der Waals surface area (Å²) in [5.41, 5.74) is 1.87. The molecule has 0 spiro atoms. The number of nitro benzene ring substituents is 1. The molecule has 0 saturated carbocycles. The van der Waals surface area contributed by atoms with Gasteiger partial charge in [-0.2, -0.15) is 5.26 Å². The van der Waals surface area contributed by atoms with Crippen molar-refractivity contribution >= 4 is 11.6 Å². The van der Waals surface area contributed by atoms with Gasteiger partial charge in [0.2, 0.25) is 0 Å². The molecule has 0 aliphatic rings. The van der Waals surface area contributed by atoms with Gasteiger partial charge in [0.25, 0.3) is 11.6 Å². The molecule has 0 radical (unpaired) electrons. The molecule has 3 rings (SSSR count). The van der Waals surface area contributed by atoms with E-state index < -0.39 is 4.92 Å². The van der Waals surface area contributed by atoms with E-state index in [1.54, 1.807) is 47.5 Å². The Bertz CT molecular complexity index is 1050. The first kappa shape index (κ1) is 19.8. The number of aromatic nitrogens is 2. The molecule has 0 bridgehead atoms. The van der Waals surface area contributed by atoms with Crippen molar-refractivity contribution in [2.24, 2.45) is 0 Å². The van der Waals surface area contributed by atoms with E-state index in [1.807, 2.05) is 6.92 Å². The lowest BCUT2D eigenvalue weighted by molar-refractivity contribution is -0.384. The van der Waals surface area contributed by atoms with Crippen LogP contribution in [-0.4, -0.2) is 31.8 Å². The number of nitriles is 1. The number of hydrogen-bond donors (Lipinski definition) is 0. The molecule has 0 N–H and O–H groups in total. The predicted molar refractivity (Wildman–Crippen MR) is 106 cm³/mol. The number of amides is 1. The minimum atomic E-state index is -0.503. The van der Waals surface area contributed by atoms with Crippen molar-refractivity contribution in [2.75, 3.05) is 6.54 Å². The molecule has 0 saturated heterocycles. The summed E-state index contributed by atoms with van der Waals surface area (Å²) in [4.78, 5) is 29.7. The molecule has 0 unspecified atom stereocenters. The van der Waals surface area contributed by atoms with Crippen molar-refractivity contribution in [1.82, 2.24) is 14.5 Å². The second-order valence-corrected chi connectivity index (χ2v) is 6.47. The molecule has 1 heterocycles. The van der Waals surface area contributed by atoms with Crippen molar-refractivity contribution in [2.45, 2.75) is 19.9 Å². The highest BCUT2D eigenvalue weighted by Crippen LogP contribution is 2.25. The molecule has 1 aromatic heterocycles. The van der Waals surface area contributed by atoms with Crippen LogP contribution in [0.5, 0.6) is 0 Å². The van der Waals surface area contributed by atoms with E-state index in [4.69, 9.17) is 5.26 Å². The van der Waals surface area contributed by atoms with E-state index in [0.29, 0.717) is 24.3 Å². The first-order chi connectivity index (χ1) is 14.0. The fourth-order valence-electron chi connectivity index (χ4n) is 3.03. The molecule has 0 aliphatic carbocycles. The fourth-order valence-corrected chi connectivity index (χ4v) is 3.03. The zero-order valence-corrected chi connectivity index (χ0v) is 15.9. The summed E-state index contributed by atoms with van der Waals surface area (Å²) in [5.74, 6) is -0.281. The van der Waals surface area contributed by atoms with Gasteiger partial charge < -0.3 is 9.47 Å². The normalized spacial score (nSPS) is 10.3. The van der Waals surface area contributed by atoms with E-state index in [9.17, 15) is 14.9 Å². The molecule has 29 heavy (non-hydrogen) atoms. The Hall–Kier alpha value is -3.99. The van der Waals surface area contributed by atoms with Crippen LogP contribution in [0.2, 0.25) is 0 Å². The van der Waals surface area contributed by atoms with E-state index in [-0.39, 0.29) is 17.2 Å². The lowest BCUT2D eigenvalue weighted by Crippen LogP contribution is -2.31. The standard InChI is InChI=1S/C21H19N5O3/c1-2-10-24(14-17-5-3-16(13-22)4-6-17)21(27)18-7-8-19(20(12-18)26(28)29)25-11-9-23-15-25/h3-9,11-12,15H,2,10,14H2,1H3. The maximum absolute atomic E-state index is 13.1. The number of benzene rings is 2. The maximum Gasteiger partial charge on any atom is 0.294 e. The summed E-state index contributed by atoms with van der Waals surface area (Å²) in [6.07, 6.45) is 5.36. The largest absolute Gasteiger partial charge is 0.334 e. The van der Waals surface area contributed by atoms with Gasteiger partial charge in [0.05, 0.1) is 22.9 Å². The van der Waals surface area contributed by atoms with Crippen LogP contribution in [0.25, 0.3) is 5.69 Å². The lowest BCUT2D eigenvalue weighted by Gasteiger charge is -2.22. The van der Waals surface area contributed by atoms with Crippen LogP contribution in [0, 0.1) is 21.4 Å². The molecule has 2 aromatic carbocycles. The van der Waals surface area contributed by atoms with Gasteiger partial charge in [-0.3, -0.25) is 14.9 Å². The highest BCUT2D eigenvalue weighted by atomic mass is 16.6. The topological polar surface area (TPSA) is 105 Å². The third kappa shape index (κ3) is 4.47. The molecule has 1 amide bonds. The molecule has 3 aromatic rings. The smallest absolute Gasteiger partial charge is 0.294 e. The van der Waals surface area contributed by atoms with Crippen molar-refractivity contribution in [3.8, 4) is 11.8 Å². The maximum atomic E-state index is 13.1. The summed E-state index contributed by atoms with van der Waals surface area (Å²) >= 11 is 0. The minimum absolute atomic E-state index is 0.163. The number of nitrogens with zero attached hydrogens (tertiary/aromatic N) is 5. The summed E-state index contributed by atoms with van der Waals surface area (Å²) in [6, 6.07) is 13.5. The van der Waals surface area contributed by atoms with Crippen LogP contribution >= 0.6 is 0 Å². The molecule has 146 valence electrons. The van der Waals surface area contributed by atoms with Crippen LogP contribution in [0.4, 0.5) is 5.69 Å². The second-order valence-electron chi connectivity index (χ2n) is 6.47. The van der Waals surface area contributed by atoms with Crippen molar-refractivity contribution in [3.63, 3.8) is 0 Å². The van der Waals surface area contributed by atoms with Crippen LogP contribution < -0.4 is 0 Å². The Labute approximate surface area is 167 Å².